The molecule has 0 fully saturated rings. The van der Waals surface area contributed by atoms with Crippen molar-refractivity contribution >= 4 is 34.3 Å². The quantitative estimate of drug-likeness (QED) is 0.579. The summed E-state index contributed by atoms with van der Waals surface area (Å²) in [5.74, 6) is -0.486. The highest BCUT2D eigenvalue weighted by atomic mass is 35.5. The van der Waals surface area contributed by atoms with Crippen molar-refractivity contribution in [3.05, 3.63) is 87.4 Å². The van der Waals surface area contributed by atoms with E-state index in [1.54, 1.807) is 41.9 Å². The summed E-state index contributed by atoms with van der Waals surface area (Å²) in [7, 11) is 0. The van der Waals surface area contributed by atoms with E-state index in [2.05, 4.69) is 10.4 Å². The van der Waals surface area contributed by atoms with Crippen LogP contribution in [0.15, 0.2) is 69.9 Å². The molecule has 0 unspecified atom stereocenters. The van der Waals surface area contributed by atoms with Crippen LogP contribution < -0.4 is 10.9 Å². The van der Waals surface area contributed by atoms with Crippen LogP contribution in [-0.4, -0.2) is 15.7 Å². The molecule has 0 saturated heterocycles. The van der Waals surface area contributed by atoms with Crippen LogP contribution in [0.3, 0.4) is 0 Å². The van der Waals surface area contributed by atoms with Crippen LogP contribution in [0.5, 0.6) is 0 Å². The highest BCUT2D eigenvalue weighted by molar-refractivity contribution is 6.34. The standard InChI is InChI=1S/C20H14ClN3O3/c1-12-15-11-17(22-18(25)14-9-5-6-10-16(14)21)20(26)27-19(15)24(23-12)13-7-3-2-4-8-13/h2-11H,1H3,(H,22,25). The Hall–Kier alpha value is -3.38. The fraction of sp³-hybridized carbons (Fsp3) is 0.0500. The third-order valence-corrected chi connectivity index (χ3v) is 4.46. The van der Waals surface area contributed by atoms with Crippen molar-refractivity contribution in [3.63, 3.8) is 0 Å². The number of hydrogen-bond acceptors (Lipinski definition) is 4. The molecule has 7 heteroatoms. The number of fused-ring (bicyclic) bond motifs is 1. The molecule has 0 atom stereocenters. The molecule has 0 spiro atoms. The maximum Gasteiger partial charge on any atom is 0.361 e. The van der Waals surface area contributed by atoms with E-state index in [4.69, 9.17) is 16.0 Å². The molecule has 4 rings (SSSR count). The minimum absolute atomic E-state index is 0.0307. The number of benzene rings is 2. The Kier molecular flexibility index (Phi) is 4.25. The molecule has 2 heterocycles. The molecular formula is C20H14ClN3O3. The summed E-state index contributed by atoms with van der Waals surface area (Å²) >= 11 is 6.04. The number of carbonyl (C=O) groups is 1. The molecule has 2 aromatic carbocycles. The third-order valence-electron chi connectivity index (χ3n) is 4.13. The van der Waals surface area contributed by atoms with E-state index in [9.17, 15) is 9.59 Å². The fourth-order valence-corrected chi connectivity index (χ4v) is 3.02. The molecule has 6 nitrogen and oxygen atoms in total. The second kappa shape index (κ2) is 6.74. The Morgan fingerprint density at radius 2 is 1.81 bits per heavy atom. The summed E-state index contributed by atoms with van der Waals surface area (Å²) in [5, 5.41) is 7.94. The van der Waals surface area contributed by atoms with Gasteiger partial charge in [-0.3, -0.25) is 4.79 Å². The van der Waals surface area contributed by atoms with Crippen molar-refractivity contribution in [1.82, 2.24) is 9.78 Å². The zero-order chi connectivity index (χ0) is 19.0. The lowest BCUT2D eigenvalue weighted by molar-refractivity contribution is 0.102. The van der Waals surface area contributed by atoms with Crippen LogP contribution in [0.25, 0.3) is 16.8 Å². The molecule has 0 saturated carbocycles. The Morgan fingerprint density at radius 3 is 2.56 bits per heavy atom. The van der Waals surface area contributed by atoms with E-state index < -0.39 is 11.5 Å². The van der Waals surface area contributed by atoms with Gasteiger partial charge in [-0.1, -0.05) is 41.9 Å². The van der Waals surface area contributed by atoms with Gasteiger partial charge in [0.05, 0.1) is 27.4 Å². The number of nitrogens with one attached hydrogen (secondary N) is 1. The number of carbonyl (C=O) groups excluding carboxylic acids is 1. The van der Waals surface area contributed by atoms with Crippen molar-refractivity contribution in [1.29, 1.82) is 0 Å². The fourth-order valence-electron chi connectivity index (χ4n) is 2.79. The molecule has 1 amide bonds. The zero-order valence-corrected chi connectivity index (χ0v) is 15.0. The molecule has 27 heavy (non-hydrogen) atoms. The SMILES string of the molecule is Cc1nn(-c2ccccc2)c2oc(=O)c(NC(=O)c3ccccc3Cl)cc12. The largest absolute Gasteiger partial charge is 0.402 e. The van der Waals surface area contributed by atoms with Gasteiger partial charge in [0, 0.05) is 0 Å². The summed E-state index contributed by atoms with van der Waals surface area (Å²) < 4.78 is 7.02. The topological polar surface area (TPSA) is 77.1 Å². The predicted molar refractivity (Wildman–Crippen MR) is 104 cm³/mol. The van der Waals surface area contributed by atoms with E-state index >= 15 is 0 Å². The number of aryl methyl sites for hydroxylation is 1. The Labute approximate surface area is 159 Å². The number of nitrogens with zero attached hydrogens (tertiary/aromatic N) is 2. The van der Waals surface area contributed by atoms with Crippen molar-refractivity contribution in [2.45, 2.75) is 6.92 Å². The minimum atomic E-state index is -0.667. The van der Waals surface area contributed by atoms with Gasteiger partial charge in [0.25, 0.3) is 5.91 Å². The van der Waals surface area contributed by atoms with Gasteiger partial charge in [-0.15, -0.1) is 0 Å². The highest BCUT2D eigenvalue weighted by Crippen LogP contribution is 2.23. The lowest BCUT2D eigenvalue weighted by atomic mass is 10.2. The molecule has 0 bridgehead atoms. The number of rotatable bonds is 3. The van der Waals surface area contributed by atoms with Crippen LogP contribution in [-0.2, 0) is 0 Å². The smallest absolute Gasteiger partial charge is 0.361 e. The summed E-state index contributed by atoms with van der Waals surface area (Å²) in [5.41, 5.74) is 1.40. The van der Waals surface area contributed by atoms with Crippen molar-refractivity contribution in [2.24, 2.45) is 0 Å². The van der Waals surface area contributed by atoms with Crippen molar-refractivity contribution < 1.29 is 9.21 Å². The number of anilines is 1. The Bertz CT molecular complexity index is 1210. The maximum absolute atomic E-state index is 12.4. The molecule has 1 N–H and O–H groups in total. The number of hydrogen-bond donors (Lipinski definition) is 1. The number of aromatic nitrogens is 2. The van der Waals surface area contributed by atoms with Gasteiger partial charge in [0.2, 0.25) is 5.71 Å². The molecular weight excluding hydrogens is 366 g/mol. The first kappa shape index (κ1) is 17.1. The van der Waals surface area contributed by atoms with Crippen LogP contribution in [0.4, 0.5) is 5.69 Å². The van der Waals surface area contributed by atoms with Gasteiger partial charge in [-0.05, 0) is 37.3 Å². The first-order valence-corrected chi connectivity index (χ1v) is 8.57. The van der Waals surface area contributed by atoms with Gasteiger partial charge in [0.1, 0.15) is 5.69 Å². The first-order valence-electron chi connectivity index (χ1n) is 8.19. The lowest BCUT2D eigenvalue weighted by Gasteiger charge is -2.06. The molecule has 2 aromatic heterocycles. The van der Waals surface area contributed by atoms with Gasteiger partial charge < -0.3 is 9.73 Å². The zero-order valence-electron chi connectivity index (χ0n) is 14.3. The first-order chi connectivity index (χ1) is 13.0. The van der Waals surface area contributed by atoms with E-state index in [-0.39, 0.29) is 11.3 Å². The average Bonchev–Trinajstić information content (AvgIpc) is 2.99. The molecule has 134 valence electrons. The third kappa shape index (κ3) is 3.11. The lowest BCUT2D eigenvalue weighted by Crippen LogP contribution is -2.18. The maximum atomic E-state index is 12.4. The van der Waals surface area contributed by atoms with Crippen LogP contribution >= 0.6 is 11.6 Å². The van der Waals surface area contributed by atoms with Crippen molar-refractivity contribution in [2.75, 3.05) is 5.32 Å². The molecule has 0 aliphatic carbocycles. The normalized spacial score (nSPS) is 10.9. The van der Waals surface area contributed by atoms with Crippen molar-refractivity contribution in [3.8, 4) is 5.69 Å². The second-order valence-electron chi connectivity index (χ2n) is 5.93. The van der Waals surface area contributed by atoms with E-state index in [0.717, 1.165) is 5.69 Å². The van der Waals surface area contributed by atoms with Gasteiger partial charge in [-0.25, -0.2) is 4.79 Å². The molecule has 4 aromatic rings. The van der Waals surface area contributed by atoms with E-state index in [1.165, 1.54) is 0 Å². The predicted octanol–water partition coefficient (Wildman–Crippen LogP) is 4.19. The molecule has 0 aliphatic heterocycles. The second-order valence-corrected chi connectivity index (χ2v) is 6.34. The summed E-state index contributed by atoms with van der Waals surface area (Å²) in [6.07, 6.45) is 0. The Balaban J connectivity index is 1.77. The van der Waals surface area contributed by atoms with Gasteiger partial charge >= 0.3 is 5.63 Å². The summed E-state index contributed by atoms with van der Waals surface area (Å²) in [6, 6.07) is 17.5. The van der Waals surface area contributed by atoms with Crippen LogP contribution in [0, 0.1) is 6.92 Å². The van der Waals surface area contributed by atoms with Crippen LogP contribution in [0.2, 0.25) is 5.02 Å². The molecule has 0 radical (unpaired) electrons. The number of amides is 1. The molecule has 0 aliphatic rings. The number of para-hydroxylation sites is 1. The summed E-state index contributed by atoms with van der Waals surface area (Å²) in [4.78, 5) is 24.9. The van der Waals surface area contributed by atoms with E-state index in [1.807, 2.05) is 30.3 Å². The average molecular weight is 380 g/mol. The van der Waals surface area contributed by atoms with Crippen LogP contribution in [0.1, 0.15) is 16.1 Å². The monoisotopic (exact) mass is 379 g/mol. The minimum Gasteiger partial charge on any atom is -0.402 e. The summed E-state index contributed by atoms with van der Waals surface area (Å²) in [6.45, 7) is 1.81. The van der Waals surface area contributed by atoms with Gasteiger partial charge in [0.15, 0.2) is 0 Å². The highest BCUT2D eigenvalue weighted by Gasteiger charge is 2.17. The number of halogens is 1. The Morgan fingerprint density at radius 1 is 1.11 bits per heavy atom. The van der Waals surface area contributed by atoms with E-state index in [0.29, 0.717) is 21.8 Å². The van der Waals surface area contributed by atoms with Gasteiger partial charge in [-0.2, -0.15) is 9.78 Å².